The molecule has 0 aliphatic carbocycles. The molecule has 0 fully saturated rings. The predicted octanol–water partition coefficient (Wildman–Crippen LogP) is 2.21. The lowest BCUT2D eigenvalue weighted by Crippen LogP contribution is -2.51. The lowest BCUT2D eigenvalue weighted by atomic mass is 9.91. The summed E-state index contributed by atoms with van der Waals surface area (Å²) in [5.74, 6) is -0.525. The fraction of sp³-hybridized carbons (Fsp3) is 0.600. The van der Waals surface area contributed by atoms with E-state index in [2.05, 4.69) is 9.71 Å². The van der Waals surface area contributed by atoms with Crippen molar-refractivity contribution in [3.05, 3.63) is 34.1 Å². The maximum atomic E-state index is 12.7. The number of esters is 1. The molecule has 2 atom stereocenters. The van der Waals surface area contributed by atoms with E-state index in [1.54, 1.807) is 6.92 Å². The smallest absolute Gasteiger partial charge is 0.307 e. The van der Waals surface area contributed by atoms with Crippen molar-refractivity contribution in [2.45, 2.75) is 50.8 Å². The number of aromatic nitrogens is 1. The number of nitrogens with one attached hydrogen (secondary N) is 1. The summed E-state index contributed by atoms with van der Waals surface area (Å²) >= 11 is -1.49. The van der Waals surface area contributed by atoms with Crippen molar-refractivity contribution in [3.8, 4) is 0 Å². The molecule has 0 bridgehead atoms. The summed E-state index contributed by atoms with van der Waals surface area (Å²) in [6, 6.07) is 1.32. The average molecular weight is 357 g/mol. The van der Waals surface area contributed by atoms with Gasteiger partial charge in [-0.2, -0.15) is 0 Å². The maximum absolute atomic E-state index is 12.7. The minimum Gasteiger partial charge on any atom is -0.598 e. The maximum Gasteiger partial charge on any atom is 0.307 e. The molecule has 0 saturated carbocycles. The van der Waals surface area contributed by atoms with Crippen LogP contribution in [0.25, 0.3) is 0 Å². The van der Waals surface area contributed by atoms with Gasteiger partial charge >= 0.3 is 5.97 Å². The molecule has 0 amide bonds. The molecule has 0 spiro atoms. The SMILES string of the molecule is CCC(C)(C)[S@@+]([O-])N[C@@](C)(CC(=O)OC)c1cncc([N+](=O)[O-])c1. The van der Waals surface area contributed by atoms with E-state index >= 15 is 0 Å². The molecule has 24 heavy (non-hydrogen) atoms. The minimum absolute atomic E-state index is 0.141. The van der Waals surface area contributed by atoms with Gasteiger partial charge in [0.2, 0.25) is 0 Å². The molecule has 1 aromatic heterocycles. The Kier molecular flexibility index (Phi) is 6.70. The van der Waals surface area contributed by atoms with Crippen LogP contribution in [0.15, 0.2) is 18.5 Å². The molecule has 0 radical (unpaired) electrons. The monoisotopic (exact) mass is 357 g/mol. The third-order valence-corrected chi connectivity index (χ3v) is 5.90. The molecule has 134 valence electrons. The Morgan fingerprint density at radius 1 is 1.42 bits per heavy atom. The zero-order valence-corrected chi connectivity index (χ0v) is 15.3. The van der Waals surface area contributed by atoms with Gasteiger partial charge in [-0.05, 0) is 27.2 Å². The van der Waals surface area contributed by atoms with Crippen LogP contribution in [-0.2, 0) is 26.4 Å². The van der Waals surface area contributed by atoms with Crippen molar-refractivity contribution >= 4 is 23.0 Å². The lowest BCUT2D eigenvalue weighted by Gasteiger charge is -2.35. The van der Waals surface area contributed by atoms with E-state index in [9.17, 15) is 19.5 Å². The third-order valence-electron chi connectivity index (χ3n) is 3.97. The number of hydrogen-bond acceptors (Lipinski definition) is 7. The van der Waals surface area contributed by atoms with Gasteiger partial charge in [-0.25, -0.2) is 0 Å². The molecule has 0 aromatic carbocycles. The summed E-state index contributed by atoms with van der Waals surface area (Å²) in [6.45, 7) is 7.22. The molecule has 0 aliphatic heterocycles. The van der Waals surface area contributed by atoms with Crippen molar-refractivity contribution in [3.63, 3.8) is 0 Å². The molecule has 0 aliphatic rings. The first kappa shape index (κ1) is 20.3. The summed E-state index contributed by atoms with van der Waals surface area (Å²) in [5.41, 5.74) is -0.933. The van der Waals surface area contributed by atoms with Crippen LogP contribution in [0.3, 0.4) is 0 Å². The number of carbonyl (C=O) groups is 1. The molecule has 1 heterocycles. The molecule has 9 heteroatoms. The van der Waals surface area contributed by atoms with Crippen molar-refractivity contribution in [2.75, 3.05) is 7.11 Å². The van der Waals surface area contributed by atoms with E-state index in [0.717, 1.165) is 6.20 Å². The van der Waals surface area contributed by atoms with Gasteiger partial charge in [0.15, 0.2) is 0 Å². The Labute approximate surface area is 144 Å². The highest BCUT2D eigenvalue weighted by molar-refractivity contribution is 7.90. The van der Waals surface area contributed by atoms with Crippen LogP contribution < -0.4 is 4.72 Å². The number of nitro groups is 1. The van der Waals surface area contributed by atoms with E-state index in [1.165, 1.54) is 19.4 Å². The zero-order chi connectivity index (χ0) is 18.5. The van der Waals surface area contributed by atoms with Crippen LogP contribution in [0.1, 0.15) is 46.1 Å². The Bertz CT molecular complexity index is 611. The molecular weight excluding hydrogens is 334 g/mol. The van der Waals surface area contributed by atoms with E-state index < -0.39 is 32.5 Å². The molecular formula is C15H23N3O5S. The minimum atomic E-state index is -1.49. The number of carbonyl (C=O) groups excluding carboxylic acids is 1. The Morgan fingerprint density at radius 3 is 2.54 bits per heavy atom. The number of nitrogens with zero attached hydrogens (tertiary/aromatic N) is 2. The molecule has 1 rings (SSSR count). The standard InChI is InChI=1S/C15H23N3O5S/c1-6-14(2,3)24(22)17-15(4,8-13(19)23-5)11-7-12(18(20)21)10-16-9-11/h7,9-10,17H,6,8H2,1-5H3/t15-,24+/m0/s1. The normalized spacial score (nSPS) is 15.4. The van der Waals surface area contributed by atoms with Gasteiger partial charge in [0.25, 0.3) is 5.69 Å². The van der Waals surface area contributed by atoms with E-state index in [4.69, 9.17) is 4.74 Å². The summed E-state index contributed by atoms with van der Waals surface area (Å²) < 4.78 is 19.8. The number of pyridine rings is 1. The number of rotatable bonds is 8. The first-order chi connectivity index (χ1) is 11.1. The first-order valence-corrected chi connectivity index (χ1v) is 8.57. The van der Waals surface area contributed by atoms with Crippen molar-refractivity contribution in [1.29, 1.82) is 0 Å². The summed E-state index contributed by atoms with van der Waals surface area (Å²) in [6.07, 6.45) is 3.04. The lowest BCUT2D eigenvalue weighted by molar-refractivity contribution is -0.385. The van der Waals surface area contributed by atoms with Crippen LogP contribution in [0.4, 0.5) is 5.69 Å². The topological polar surface area (TPSA) is 117 Å². The van der Waals surface area contributed by atoms with Crippen LogP contribution in [0.5, 0.6) is 0 Å². The highest BCUT2D eigenvalue weighted by atomic mass is 32.2. The fourth-order valence-electron chi connectivity index (χ4n) is 1.86. The van der Waals surface area contributed by atoms with E-state index in [1.807, 2.05) is 20.8 Å². The Balaban J connectivity index is 3.26. The summed E-state index contributed by atoms with van der Waals surface area (Å²) in [5, 5.41) is 11.0. The second-order valence-corrected chi connectivity index (χ2v) is 8.10. The largest absolute Gasteiger partial charge is 0.598 e. The molecule has 8 nitrogen and oxygen atoms in total. The van der Waals surface area contributed by atoms with Gasteiger partial charge in [-0.1, -0.05) is 6.92 Å². The molecule has 1 aromatic rings. The van der Waals surface area contributed by atoms with Crippen LogP contribution in [0.2, 0.25) is 0 Å². The highest BCUT2D eigenvalue weighted by Crippen LogP contribution is 2.31. The quantitative estimate of drug-likeness (QED) is 0.328. The van der Waals surface area contributed by atoms with Gasteiger partial charge in [-0.3, -0.25) is 19.9 Å². The van der Waals surface area contributed by atoms with Gasteiger partial charge in [0.05, 0.1) is 24.0 Å². The van der Waals surface area contributed by atoms with Crippen LogP contribution in [-0.4, -0.2) is 32.3 Å². The number of hydrogen-bond donors (Lipinski definition) is 1. The van der Waals surface area contributed by atoms with Gasteiger partial charge in [0, 0.05) is 29.2 Å². The average Bonchev–Trinajstić information content (AvgIpc) is 2.54. The Morgan fingerprint density at radius 2 is 2.04 bits per heavy atom. The first-order valence-electron chi connectivity index (χ1n) is 7.42. The molecule has 0 saturated heterocycles. The van der Waals surface area contributed by atoms with Crippen LogP contribution >= 0.6 is 0 Å². The number of methoxy groups -OCH3 is 1. The van der Waals surface area contributed by atoms with Gasteiger partial charge in [-0.15, -0.1) is 4.72 Å². The van der Waals surface area contributed by atoms with Crippen molar-refractivity contribution < 1.29 is 19.0 Å². The molecule has 0 unspecified atom stereocenters. The van der Waals surface area contributed by atoms with Gasteiger partial charge < -0.3 is 9.29 Å². The van der Waals surface area contributed by atoms with E-state index in [0.29, 0.717) is 12.0 Å². The third kappa shape index (κ3) is 4.89. The Hall–Kier alpha value is -1.71. The second kappa shape index (κ2) is 7.91. The number of ether oxygens (including phenoxy) is 1. The zero-order valence-electron chi connectivity index (χ0n) is 14.5. The summed E-state index contributed by atoms with van der Waals surface area (Å²) in [7, 11) is 1.25. The molecule has 1 N–H and O–H groups in total. The van der Waals surface area contributed by atoms with E-state index in [-0.39, 0.29) is 12.1 Å². The van der Waals surface area contributed by atoms with Crippen molar-refractivity contribution in [1.82, 2.24) is 9.71 Å². The fourth-order valence-corrected chi connectivity index (χ4v) is 3.00. The predicted molar refractivity (Wildman–Crippen MR) is 90.5 cm³/mol. The van der Waals surface area contributed by atoms with Gasteiger partial charge in [0.1, 0.15) is 10.9 Å². The highest BCUT2D eigenvalue weighted by Gasteiger charge is 2.41. The van der Waals surface area contributed by atoms with Crippen LogP contribution in [0, 0.1) is 10.1 Å². The second-order valence-electron chi connectivity index (χ2n) is 6.26. The summed E-state index contributed by atoms with van der Waals surface area (Å²) in [4.78, 5) is 26.1. The van der Waals surface area contributed by atoms with Crippen molar-refractivity contribution in [2.24, 2.45) is 0 Å².